The lowest BCUT2D eigenvalue weighted by Gasteiger charge is -2.35. The molecule has 0 saturated carbocycles. The molecule has 0 bridgehead atoms. The zero-order valence-electron chi connectivity index (χ0n) is 19.5. The van der Waals surface area contributed by atoms with E-state index in [2.05, 4.69) is 13.8 Å². The molecule has 1 aromatic carbocycles. The third kappa shape index (κ3) is 4.96. The molecule has 3 aliphatic heterocycles. The van der Waals surface area contributed by atoms with Crippen molar-refractivity contribution in [3.63, 3.8) is 0 Å². The molecule has 10 heteroatoms. The van der Waals surface area contributed by atoms with Crippen molar-refractivity contribution >= 4 is 22.0 Å². The smallest absolute Gasteiger partial charge is 0.409 e. The normalized spacial score (nSPS) is 26.0. The average molecular weight is 480 g/mol. The molecule has 0 radical (unpaired) electrons. The fourth-order valence-corrected chi connectivity index (χ4v) is 6.73. The standard InChI is InChI=1S/C23H33N3O6S/c1-4-31-23(28)25-9-7-24(8-10-25)22(27)21-13-18-12-19(5-6-20(18)32-21)33(29,30)26-14-16(2)11-17(3)15-26/h5-6,12,16-17,21H,4,7-11,13-15H2,1-3H3. The van der Waals surface area contributed by atoms with Crippen molar-refractivity contribution in [3.05, 3.63) is 23.8 Å². The number of hydrogen-bond acceptors (Lipinski definition) is 6. The molecule has 0 aromatic heterocycles. The Kier molecular flexibility index (Phi) is 6.86. The van der Waals surface area contributed by atoms with Crippen LogP contribution in [0.1, 0.15) is 32.8 Å². The van der Waals surface area contributed by atoms with Crippen molar-refractivity contribution in [1.29, 1.82) is 0 Å². The van der Waals surface area contributed by atoms with Crippen LogP contribution in [0.2, 0.25) is 0 Å². The Bertz CT molecular complexity index is 995. The lowest BCUT2D eigenvalue weighted by molar-refractivity contribution is -0.139. The second kappa shape index (κ2) is 9.50. The summed E-state index contributed by atoms with van der Waals surface area (Å²) in [5.41, 5.74) is 0.734. The number of piperazine rings is 1. The minimum atomic E-state index is -3.59. The van der Waals surface area contributed by atoms with Crippen LogP contribution in [-0.4, -0.2) is 86.5 Å². The van der Waals surface area contributed by atoms with E-state index in [1.165, 1.54) is 0 Å². The summed E-state index contributed by atoms with van der Waals surface area (Å²) >= 11 is 0. The first-order valence-corrected chi connectivity index (χ1v) is 13.1. The molecule has 182 valence electrons. The minimum Gasteiger partial charge on any atom is -0.480 e. The molecular weight excluding hydrogens is 446 g/mol. The SMILES string of the molecule is CCOC(=O)N1CCN(C(=O)C2Cc3cc(S(=O)(=O)N4CC(C)CC(C)C4)ccc3O2)CC1. The van der Waals surface area contributed by atoms with Gasteiger partial charge in [-0.15, -0.1) is 0 Å². The number of nitrogens with zero attached hydrogens (tertiary/aromatic N) is 3. The Labute approximate surface area is 195 Å². The van der Waals surface area contributed by atoms with Crippen molar-refractivity contribution in [1.82, 2.24) is 14.1 Å². The highest BCUT2D eigenvalue weighted by Crippen LogP contribution is 2.34. The number of carbonyl (C=O) groups excluding carboxylic acids is 2. The first-order chi connectivity index (χ1) is 15.7. The maximum absolute atomic E-state index is 13.2. The van der Waals surface area contributed by atoms with Gasteiger partial charge in [-0.2, -0.15) is 4.31 Å². The molecule has 0 spiro atoms. The first-order valence-electron chi connectivity index (χ1n) is 11.7. The lowest BCUT2D eigenvalue weighted by Crippen LogP contribution is -2.53. The molecule has 1 aromatic rings. The molecule has 0 aliphatic carbocycles. The molecule has 2 fully saturated rings. The summed E-state index contributed by atoms with van der Waals surface area (Å²) in [5.74, 6) is 1.07. The Balaban J connectivity index is 1.40. The van der Waals surface area contributed by atoms with Gasteiger partial charge >= 0.3 is 6.09 Å². The molecule has 0 N–H and O–H groups in total. The summed E-state index contributed by atoms with van der Waals surface area (Å²) in [7, 11) is -3.59. The summed E-state index contributed by atoms with van der Waals surface area (Å²) in [6.07, 6.45) is 0.326. The number of sulfonamides is 1. The van der Waals surface area contributed by atoms with Crippen LogP contribution in [0.5, 0.6) is 5.75 Å². The van der Waals surface area contributed by atoms with Crippen LogP contribution in [0.25, 0.3) is 0 Å². The molecule has 2 amide bonds. The van der Waals surface area contributed by atoms with E-state index in [-0.39, 0.29) is 16.9 Å². The van der Waals surface area contributed by atoms with Crippen LogP contribution < -0.4 is 4.74 Å². The van der Waals surface area contributed by atoms with E-state index in [9.17, 15) is 18.0 Å². The van der Waals surface area contributed by atoms with Crippen molar-refractivity contribution in [2.24, 2.45) is 11.8 Å². The van der Waals surface area contributed by atoms with Gasteiger partial charge < -0.3 is 19.3 Å². The van der Waals surface area contributed by atoms with E-state index < -0.39 is 16.1 Å². The number of amides is 2. The molecule has 9 nitrogen and oxygen atoms in total. The monoisotopic (exact) mass is 479 g/mol. The molecule has 2 saturated heterocycles. The second-order valence-corrected chi connectivity index (χ2v) is 11.3. The van der Waals surface area contributed by atoms with Gasteiger partial charge in [0.2, 0.25) is 10.0 Å². The van der Waals surface area contributed by atoms with E-state index in [1.54, 1.807) is 39.2 Å². The molecular formula is C23H33N3O6S. The molecule has 3 heterocycles. The van der Waals surface area contributed by atoms with Gasteiger partial charge in [0.15, 0.2) is 6.10 Å². The van der Waals surface area contributed by atoms with E-state index in [0.717, 1.165) is 12.0 Å². The number of hydrogen-bond donors (Lipinski definition) is 0. The quantitative estimate of drug-likeness (QED) is 0.655. The van der Waals surface area contributed by atoms with Crippen molar-refractivity contribution in [2.75, 3.05) is 45.9 Å². The molecule has 33 heavy (non-hydrogen) atoms. The predicted molar refractivity (Wildman–Crippen MR) is 121 cm³/mol. The summed E-state index contributed by atoms with van der Waals surface area (Å²) in [5, 5.41) is 0. The summed E-state index contributed by atoms with van der Waals surface area (Å²) in [4.78, 5) is 28.4. The van der Waals surface area contributed by atoms with Gasteiger partial charge in [0, 0.05) is 45.7 Å². The number of fused-ring (bicyclic) bond motifs is 1. The van der Waals surface area contributed by atoms with E-state index in [0.29, 0.717) is 69.9 Å². The maximum Gasteiger partial charge on any atom is 0.409 e. The first kappa shape index (κ1) is 23.8. The highest BCUT2D eigenvalue weighted by atomic mass is 32.2. The van der Waals surface area contributed by atoms with Crippen LogP contribution in [0, 0.1) is 11.8 Å². The Morgan fingerprint density at radius 1 is 1.06 bits per heavy atom. The van der Waals surface area contributed by atoms with Crippen molar-refractivity contribution in [3.8, 4) is 5.75 Å². The van der Waals surface area contributed by atoms with Gasteiger partial charge in [-0.05, 0) is 48.9 Å². The van der Waals surface area contributed by atoms with Gasteiger partial charge in [-0.25, -0.2) is 13.2 Å². The average Bonchev–Trinajstić information content (AvgIpc) is 3.21. The van der Waals surface area contributed by atoms with Crippen LogP contribution >= 0.6 is 0 Å². The van der Waals surface area contributed by atoms with Gasteiger partial charge in [0.05, 0.1) is 11.5 Å². The van der Waals surface area contributed by atoms with Gasteiger partial charge in [0.25, 0.3) is 5.91 Å². The number of ether oxygens (including phenoxy) is 2. The van der Waals surface area contributed by atoms with Crippen LogP contribution in [0.15, 0.2) is 23.1 Å². The predicted octanol–water partition coefficient (Wildman–Crippen LogP) is 1.96. The number of benzene rings is 1. The highest BCUT2D eigenvalue weighted by molar-refractivity contribution is 7.89. The molecule has 3 atom stereocenters. The molecule has 3 unspecified atom stereocenters. The van der Waals surface area contributed by atoms with Gasteiger partial charge in [-0.1, -0.05) is 13.8 Å². The fraction of sp³-hybridized carbons (Fsp3) is 0.652. The third-order valence-corrected chi connectivity index (χ3v) is 8.40. The van der Waals surface area contributed by atoms with Crippen molar-refractivity contribution < 1.29 is 27.5 Å². The zero-order valence-corrected chi connectivity index (χ0v) is 20.3. The molecule has 3 aliphatic rings. The fourth-order valence-electron chi connectivity index (χ4n) is 5.00. The van der Waals surface area contributed by atoms with Crippen LogP contribution in [-0.2, 0) is 26.0 Å². The summed E-state index contributed by atoms with van der Waals surface area (Å²) in [6, 6.07) is 4.88. The highest BCUT2D eigenvalue weighted by Gasteiger charge is 2.37. The maximum atomic E-state index is 13.2. The Morgan fingerprint density at radius 2 is 1.70 bits per heavy atom. The van der Waals surface area contributed by atoms with E-state index >= 15 is 0 Å². The number of rotatable bonds is 4. The van der Waals surface area contributed by atoms with Gasteiger partial charge in [0.1, 0.15) is 5.75 Å². The van der Waals surface area contributed by atoms with Crippen LogP contribution in [0.4, 0.5) is 4.79 Å². The Hall–Kier alpha value is -2.33. The third-order valence-electron chi connectivity index (χ3n) is 6.57. The van der Waals surface area contributed by atoms with E-state index in [1.807, 2.05) is 0 Å². The summed E-state index contributed by atoms with van der Waals surface area (Å²) in [6.45, 7) is 8.96. The Morgan fingerprint density at radius 3 is 2.33 bits per heavy atom. The van der Waals surface area contributed by atoms with E-state index in [4.69, 9.17) is 9.47 Å². The van der Waals surface area contributed by atoms with Gasteiger partial charge in [-0.3, -0.25) is 4.79 Å². The summed E-state index contributed by atoms with van der Waals surface area (Å²) < 4.78 is 39.0. The number of piperidine rings is 1. The van der Waals surface area contributed by atoms with Crippen molar-refractivity contribution in [2.45, 2.75) is 44.6 Å². The molecule has 4 rings (SSSR count). The zero-order chi connectivity index (χ0) is 23.8. The lowest BCUT2D eigenvalue weighted by atomic mass is 9.94. The second-order valence-electron chi connectivity index (χ2n) is 9.36. The largest absolute Gasteiger partial charge is 0.480 e. The number of carbonyl (C=O) groups is 2. The van der Waals surface area contributed by atoms with Crippen LogP contribution in [0.3, 0.4) is 0 Å². The minimum absolute atomic E-state index is 0.141. The topological polar surface area (TPSA) is 96.5 Å².